The summed E-state index contributed by atoms with van der Waals surface area (Å²) in [6, 6.07) is 3.61. The molecule has 0 amide bonds. The zero-order valence-corrected chi connectivity index (χ0v) is 21.8. The molecule has 0 spiro atoms. The highest BCUT2D eigenvalue weighted by Crippen LogP contribution is 2.46. The quantitative estimate of drug-likeness (QED) is 0.341. The van der Waals surface area contributed by atoms with Crippen molar-refractivity contribution in [3.8, 4) is 17.0 Å². The maximum atomic E-state index is 15.0. The SMILES string of the molecule is C=C1C=C(CC(O)(CC2CC2)c2cc(C(C)CC)c(C)c(-c3cc(O)c(F)cc3F)n2)C=C(OC)C1=N. The standard InChI is InChI=1S/C30H34F2N2O3/c1-6-16(2)21-12-27(34-29(18(21)4)22-11-25(35)24(32)13-23(22)31)30(36,14-19-7-8-19)15-20-9-17(3)28(33)26(10-20)37-5/h9-13,16,19,33,35-36H,3,6-8,14-15H2,1-2,4-5H3. The maximum Gasteiger partial charge on any atom is 0.167 e. The Balaban J connectivity index is 1.89. The predicted molar refractivity (Wildman–Crippen MR) is 141 cm³/mol. The molecule has 0 saturated heterocycles. The van der Waals surface area contributed by atoms with E-state index in [2.05, 4.69) is 20.4 Å². The minimum Gasteiger partial charge on any atom is -0.505 e. The van der Waals surface area contributed by atoms with E-state index in [0.29, 0.717) is 35.4 Å². The van der Waals surface area contributed by atoms with E-state index in [4.69, 9.17) is 15.1 Å². The lowest BCUT2D eigenvalue weighted by molar-refractivity contribution is 0.0183. The van der Waals surface area contributed by atoms with E-state index in [9.17, 15) is 19.0 Å². The Hall–Kier alpha value is -3.32. The summed E-state index contributed by atoms with van der Waals surface area (Å²) in [4.78, 5) is 4.78. The molecular formula is C30H34F2N2O3. The Labute approximate surface area is 216 Å². The summed E-state index contributed by atoms with van der Waals surface area (Å²) < 4.78 is 34.2. The fourth-order valence-corrected chi connectivity index (χ4v) is 4.98. The summed E-state index contributed by atoms with van der Waals surface area (Å²) in [6.45, 7) is 9.88. The van der Waals surface area contributed by atoms with E-state index in [1.807, 2.05) is 13.0 Å². The summed E-state index contributed by atoms with van der Waals surface area (Å²) in [5, 5.41) is 30.4. The van der Waals surface area contributed by atoms with Crippen LogP contribution in [0.2, 0.25) is 0 Å². The minimum absolute atomic E-state index is 0.0168. The van der Waals surface area contributed by atoms with Gasteiger partial charge in [-0.25, -0.2) is 13.8 Å². The number of nitrogens with zero attached hydrogens (tertiary/aromatic N) is 1. The number of allylic oxidation sites excluding steroid dienone is 3. The molecule has 7 heteroatoms. The predicted octanol–water partition coefficient (Wildman–Crippen LogP) is 6.98. The fourth-order valence-electron chi connectivity index (χ4n) is 4.98. The Morgan fingerprint density at radius 3 is 2.54 bits per heavy atom. The van der Waals surface area contributed by atoms with Crippen molar-refractivity contribution in [2.45, 2.75) is 64.4 Å². The number of aliphatic hydroxyl groups is 1. The average molecular weight is 509 g/mol. The molecule has 4 rings (SSSR count). The molecule has 1 fully saturated rings. The molecule has 1 heterocycles. The third-order valence-corrected chi connectivity index (χ3v) is 7.51. The van der Waals surface area contributed by atoms with Crippen molar-refractivity contribution in [3.63, 3.8) is 0 Å². The molecule has 0 radical (unpaired) electrons. The second kappa shape index (κ2) is 10.2. The zero-order chi connectivity index (χ0) is 27.1. The number of rotatable bonds is 9. The van der Waals surface area contributed by atoms with Crippen LogP contribution in [-0.4, -0.2) is 28.0 Å². The molecule has 2 aliphatic rings. The number of hydrogen-bond acceptors (Lipinski definition) is 5. The van der Waals surface area contributed by atoms with Gasteiger partial charge in [-0.2, -0.15) is 0 Å². The summed E-state index contributed by atoms with van der Waals surface area (Å²) in [5.41, 5.74) is 2.34. The van der Waals surface area contributed by atoms with E-state index in [1.54, 1.807) is 12.2 Å². The molecule has 2 aromatic rings. The van der Waals surface area contributed by atoms with Gasteiger partial charge in [0.1, 0.15) is 22.9 Å². The van der Waals surface area contributed by atoms with Gasteiger partial charge >= 0.3 is 0 Å². The van der Waals surface area contributed by atoms with Crippen molar-refractivity contribution in [2.24, 2.45) is 5.92 Å². The summed E-state index contributed by atoms with van der Waals surface area (Å²) in [6.07, 6.45) is 7.01. The van der Waals surface area contributed by atoms with Gasteiger partial charge in [0.2, 0.25) is 0 Å². The molecule has 0 aliphatic heterocycles. The van der Waals surface area contributed by atoms with E-state index < -0.39 is 23.0 Å². The lowest BCUT2D eigenvalue weighted by Crippen LogP contribution is -2.30. The largest absolute Gasteiger partial charge is 0.505 e. The number of nitrogens with one attached hydrogen (secondary N) is 1. The first kappa shape index (κ1) is 26.7. The van der Waals surface area contributed by atoms with Gasteiger partial charge in [0.25, 0.3) is 0 Å². The number of halogens is 2. The molecule has 37 heavy (non-hydrogen) atoms. The number of aromatic hydroxyl groups is 1. The highest BCUT2D eigenvalue weighted by Gasteiger charge is 2.40. The zero-order valence-electron chi connectivity index (χ0n) is 21.8. The van der Waals surface area contributed by atoms with Gasteiger partial charge in [0.15, 0.2) is 11.6 Å². The number of phenolic OH excluding ortho intramolecular Hbond substituents is 1. The van der Waals surface area contributed by atoms with Crippen molar-refractivity contribution < 1.29 is 23.7 Å². The molecule has 2 atom stereocenters. The van der Waals surface area contributed by atoms with E-state index in [1.165, 1.54) is 7.11 Å². The van der Waals surface area contributed by atoms with Crippen LogP contribution in [0.1, 0.15) is 68.7 Å². The second-order valence-electron chi connectivity index (χ2n) is 10.4. The summed E-state index contributed by atoms with van der Waals surface area (Å²) >= 11 is 0. The van der Waals surface area contributed by atoms with Crippen molar-refractivity contribution >= 4 is 5.71 Å². The first-order valence-corrected chi connectivity index (χ1v) is 12.6. The lowest BCUT2D eigenvalue weighted by Gasteiger charge is -2.31. The van der Waals surface area contributed by atoms with Gasteiger partial charge in [0.05, 0.1) is 18.5 Å². The molecule has 1 aromatic heterocycles. The summed E-state index contributed by atoms with van der Waals surface area (Å²) in [7, 11) is 1.49. The number of benzene rings is 1. The Morgan fingerprint density at radius 2 is 1.92 bits per heavy atom. The fraction of sp³-hybridized carbons (Fsp3) is 0.400. The molecule has 2 unspecified atom stereocenters. The van der Waals surface area contributed by atoms with Crippen LogP contribution < -0.4 is 0 Å². The van der Waals surface area contributed by atoms with Crippen LogP contribution in [0.25, 0.3) is 11.3 Å². The third-order valence-electron chi connectivity index (χ3n) is 7.51. The topological polar surface area (TPSA) is 86.4 Å². The van der Waals surface area contributed by atoms with Crippen molar-refractivity contribution in [1.82, 2.24) is 4.98 Å². The first-order chi connectivity index (χ1) is 17.5. The molecule has 5 nitrogen and oxygen atoms in total. The second-order valence-corrected chi connectivity index (χ2v) is 10.4. The molecule has 1 aromatic carbocycles. The molecule has 2 aliphatic carbocycles. The smallest absolute Gasteiger partial charge is 0.167 e. The van der Waals surface area contributed by atoms with Crippen molar-refractivity contribution in [2.75, 3.05) is 7.11 Å². The van der Waals surface area contributed by atoms with Gasteiger partial charge in [0, 0.05) is 18.1 Å². The van der Waals surface area contributed by atoms with Crippen LogP contribution in [0, 0.1) is 29.9 Å². The van der Waals surface area contributed by atoms with E-state index in [-0.39, 0.29) is 29.3 Å². The van der Waals surface area contributed by atoms with Crippen LogP contribution in [0.3, 0.4) is 0 Å². The van der Waals surface area contributed by atoms with Gasteiger partial charge in [-0.3, -0.25) is 5.41 Å². The molecule has 3 N–H and O–H groups in total. The van der Waals surface area contributed by atoms with Crippen LogP contribution >= 0.6 is 0 Å². The van der Waals surface area contributed by atoms with Gasteiger partial charge in [-0.1, -0.05) is 33.3 Å². The lowest BCUT2D eigenvalue weighted by atomic mass is 9.81. The Morgan fingerprint density at radius 1 is 1.22 bits per heavy atom. The molecule has 0 bridgehead atoms. The van der Waals surface area contributed by atoms with E-state index >= 15 is 0 Å². The number of ether oxygens (including phenoxy) is 1. The van der Waals surface area contributed by atoms with Crippen LogP contribution in [0.4, 0.5) is 8.78 Å². The first-order valence-electron chi connectivity index (χ1n) is 12.6. The summed E-state index contributed by atoms with van der Waals surface area (Å²) in [5.74, 6) is -1.73. The van der Waals surface area contributed by atoms with Crippen LogP contribution in [-0.2, 0) is 10.3 Å². The number of aromatic nitrogens is 1. The Bertz CT molecular complexity index is 1330. The van der Waals surface area contributed by atoms with Crippen LogP contribution in [0.5, 0.6) is 5.75 Å². The maximum absolute atomic E-state index is 15.0. The monoisotopic (exact) mass is 508 g/mol. The van der Waals surface area contributed by atoms with Crippen molar-refractivity contribution in [3.05, 3.63) is 82.3 Å². The number of phenols is 1. The molecular weight excluding hydrogens is 474 g/mol. The minimum atomic E-state index is -1.38. The van der Waals surface area contributed by atoms with Gasteiger partial charge < -0.3 is 14.9 Å². The van der Waals surface area contributed by atoms with E-state index in [0.717, 1.165) is 42.0 Å². The molecule has 196 valence electrons. The third kappa shape index (κ3) is 5.37. The van der Waals surface area contributed by atoms with Crippen LogP contribution in [0.15, 0.2) is 53.8 Å². The van der Waals surface area contributed by atoms with Gasteiger partial charge in [-0.15, -0.1) is 0 Å². The number of pyridine rings is 1. The van der Waals surface area contributed by atoms with Crippen molar-refractivity contribution in [1.29, 1.82) is 5.41 Å². The highest BCUT2D eigenvalue weighted by atomic mass is 19.1. The normalized spacial score (nSPS) is 18.2. The highest BCUT2D eigenvalue weighted by molar-refractivity contribution is 6.12. The Kier molecular flexibility index (Phi) is 7.38. The molecule has 1 saturated carbocycles. The number of hydrogen-bond donors (Lipinski definition) is 3. The number of methoxy groups -OCH3 is 1. The average Bonchev–Trinajstić information content (AvgIpc) is 3.67. The van der Waals surface area contributed by atoms with Gasteiger partial charge in [-0.05, 0) is 78.2 Å².